The van der Waals surface area contributed by atoms with Gasteiger partial charge in [-0.2, -0.15) is 0 Å². The van der Waals surface area contributed by atoms with Crippen LogP contribution in [0.2, 0.25) is 10.0 Å². The summed E-state index contributed by atoms with van der Waals surface area (Å²) in [6.07, 6.45) is 0.720. The summed E-state index contributed by atoms with van der Waals surface area (Å²) in [6, 6.07) is 11.8. The maximum Gasteiger partial charge on any atom is 0.242 e. The van der Waals surface area contributed by atoms with Crippen molar-refractivity contribution in [3.05, 3.63) is 58.1 Å². The van der Waals surface area contributed by atoms with Crippen molar-refractivity contribution >= 4 is 35.0 Å². The summed E-state index contributed by atoms with van der Waals surface area (Å²) >= 11 is 12.7. The fraction of sp³-hybridized carbons (Fsp3) is 0.440. The van der Waals surface area contributed by atoms with Crippen LogP contribution >= 0.6 is 23.2 Å². The number of ether oxygens (including phenoxy) is 2. The van der Waals surface area contributed by atoms with Gasteiger partial charge in [0.2, 0.25) is 11.8 Å². The smallest absolute Gasteiger partial charge is 0.242 e. The Kier molecular flexibility index (Phi) is 10.8. The van der Waals surface area contributed by atoms with Crippen LogP contribution in [0, 0.1) is 5.92 Å². The third-order valence-corrected chi connectivity index (χ3v) is 5.81. The van der Waals surface area contributed by atoms with Crippen LogP contribution in [-0.2, 0) is 16.1 Å². The highest BCUT2D eigenvalue weighted by Gasteiger charge is 2.27. The molecule has 0 aliphatic heterocycles. The molecule has 0 aromatic heterocycles. The molecule has 0 unspecified atom stereocenters. The van der Waals surface area contributed by atoms with Gasteiger partial charge >= 0.3 is 0 Å². The van der Waals surface area contributed by atoms with Crippen molar-refractivity contribution in [3.8, 4) is 11.5 Å². The summed E-state index contributed by atoms with van der Waals surface area (Å²) in [5.41, 5.74) is 0.618. The van der Waals surface area contributed by atoms with Gasteiger partial charge in [-0.3, -0.25) is 9.59 Å². The monoisotopic (exact) mass is 494 g/mol. The van der Waals surface area contributed by atoms with Crippen molar-refractivity contribution < 1.29 is 19.1 Å². The van der Waals surface area contributed by atoms with Gasteiger partial charge in [0.25, 0.3) is 0 Å². The van der Waals surface area contributed by atoms with Gasteiger partial charge < -0.3 is 19.7 Å². The summed E-state index contributed by atoms with van der Waals surface area (Å²) in [5.74, 6) is 1.37. The molecule has 2 amide bonds. The van der Waals surface area contributed by atoms with Gasteiger partial charge in [-0.25, -0.2) is 0 Å². The third kappa shape index (κ3) is 8.45. The predicted octanol–water partition coefficient (Wildman–Crippen LogP) is 5.35. The second kappa shape index (κ2) is 13.3. The molecule has 0 radical (unpaired) electrons. The van der Waals surface area contributed by atoms with Crippen molar-refractivity contribution in [2.45, 2.75) is 46.2 Å². The van der Waals surface area contributed by atoms with Crippen LogP contribution in [0.5, 0.6) is 11.5 Å². The quantitative estimate of drug-likeness (QED) is 0.403. The fourth-order valence-electron chi connectivity index (χ4n) is 3.12. The number of hydrogen-bond donors (Lipinski definition) is 1. The van der Waals surface area contributed by atoms with E-state index in [1.165, 1.54) is 4.90 Å². The second-order valence-electron chi connectivity index (χ2n) is 8.16. The molecule has 2 aromatic carbocycles. The highest BCUT2D eigenvalue weighted by molar-refractivity contribution is 6.36. The van der Waals surface area contributed by atoms with E-state index in [2.05, 4.69) is 5.32 Å². The number of benzene rings is 2. The summed E-state index contributed by atoms with van der Waals surface area (Å²) in [7, 11) is 1.60. The van der Waals surface area contributed by atoms with Crippen LogP contribution in [0.15, 0.2) is 42.5 Å². The Bertz CT molecular complexity index is 899. The maximum absolute atomic E-state index is 13.1. The summed E-state index contributed by atoms with van der Waals surface area (Å²) in [5, 5.41) is 3.81. The van der Waals surface area contributed by atoms with Crippen LogP contribution in [0.25, 0.3) is 0 Å². The van der Waals surface area contributed by atoms with E-state index >= 15 is 0 Å². The zero-order chi connectivity index (χ0) is 24.4. The predicted molar refractivity (Wildman–Crippen MR) is 132 cm³/mol. The second-order valence-corrected chi connectivity index (χ2v) is 8.98. The molecule has 0 spiro atoms. The van der Waals surface area contributed by atoms with Gasteiger partial charge in [0.05, 0.1) is 13.7 Å². The Morgan fingerprint density at radius 2 is 1.61 bits per heavy atom. The van der Waals surface area contributed by atoms with Gasteiger partial charge in [-0.05, 0) is 55.7 Å². The first-order valence-corrected chi connectivity index (χ1v) is 11.8. The molecule has 0 saturated heterocycles. The zero-order valence-corrected chi connectivity index (χ0v) is 21.1. The first kappa shape index (κ1) is 26.8. The van der Waals surface area contributed by atoms with E-state index in [-0.39, 0.29) is 24.8 Å². The number of rotatable bonds is 12. The first-order valence-electron chi connectivity index (χ1n) is 11.0. The number of carbonyl (C=O) groups is 2. The highest BCUT2D eigenvalue weighted by Crippen LogP contribution is 2.27. The number of hydrogen-bond acceptors (Lipinski definition) is 4. The SMILES string of the molecule is COc1ccc(OCCCC(=O)N(Cc2c(Cl)cccc2Cl)[C@H](C)C(=O)NCC(C)C)cc1. The molecule has 0 fully saturated rings. The zero-order valence-electron chi connectivity index (χ0n) is 19.6. The fourth-order valence-corrected chi connectivity index (χ4v) is 3.63. The highest BCUT2D eigenvalue weighted by atomic mass is 35.5. The van der Waals surface area contributed by atoms with E-state index in [9.17, 15) is 9.59 Å². The van der Waals surface area contributed by atoms with Crippen molar-refractivity contribution in [2.24, 2.45) is 5.92 Å². The average Bonchev–Trinajstić information content (AvgIpc) is 2.80. The van der Waals surface area contributed by atoms with Gasteiger partial charge in [-0.1, -0.05) is 43.1 Å². The summed E-state index contributed by atoms with van der Waals surface area (Å²) in [4.78, 5) is 27.4. The standard InChI is InChI=1S/C25H32Cl2N2O4/c1-17(2)15-28-25(31)18(3)29(16-21-22(26)7-5-8-23(21)27)24(30)9-6-14-33-20-12-10-19(32-4)11-13-20/h5,7-8,10-13,17-18H,6,9,14-16H2,1-4H3,(H,28,31)/t18-/m1/s1. The van der Waals surface area contributed by atoms with E-state index in [1.54, 1.807) is 32.2 Å². The normalized spacial score (nSPS) is 11.7. The molecule has 2 rings (SSSR count). The molecule has 1 N–H and O–H groups in total. The van der Waals surface area contributed by atoms with Crippen LogP contribution in [-0.4, -0.2) is 43.0 Å². The molecule has 33 heavy (non-hydrogen) atoms. The third-order valence-electron chi connectivity index (χ3n) is 5.11. The lowest BCUT2D eigenvalue weighted by Crippen LogP contribution is -2.48. The molecule has 0 aliphatic rings. The Balaban J connectivity index is 2.04. The van der Waals surface area contributed by atoms with E-state index in [4.69, 9.17) is 32.7 Å². The van der Waals surface area contributed by atoms with Gasteiger partial charge in [0.15, 0.2) is 0 Å². The number of nitrogens with one attached hydrogen (secondary N) is 1. The lowest BCUT2D eigenvalue weighted by atomic mass is 10.1. The van der Waals surface area contributed by atoms with E-state index in [0.717, 1.165) is 5.75 Å². The van der Waals surface area contributed by atoms with E-state index in [1.807, 2.05) is 38.1 Å². The van der Waals surface area contributed by atoms with Crippen LogP contribution < -0.4 is 14.8 Å². The van der Waals surface area contributed by atoms with Crippen molar-refractivity contribution in [1.29, 1.82) is 0 Å². The largest absolute Gasteiger partial charge is 0.497 e. The Hall–Kier alpha value is -2.44. The van der Waals surface area contributed by atoms with E-state index < -0.39 is 6.04 Å². The average molecular weight is 495 g/mol. The maximum atomic E-state index is 13.1. The first-order chi connectivity index (χ1) is 15.7. The summed E-state index contributed by atoms with van der Waals surface area (Å²) in [6.45, 7) is 6.79. The minimum atomic E-state index is -0.675. The minimum Gasteiger partial charge on any atom is -0.497 e. The molecule has 180 valence electrons. The lowest BCUT2D eigenvalue weighted by molar-refractivity contribution is -0.140. The number of carbonyl (C=O) groups excluding carboxylic acids is 2. The van der Waals surface area contributed by atoms with Crippen LogP contribution in [0.4, 0.5) is 0 Å². The lowest BCUT2D eigenvalue weighted by Gasteiger charge is -2.29. The molecule has 0 heterocycles. The summed E-state index contributed by atoms with van der Waals surface area (Å²) < 4.78 is 10.9. The molecule has 2 aromatic rings. The topological polar surface area (TPSA) is 67.9 Å². The molecular formula is C25H32Cl2N2O4. The van der Waals surface area contributed by atoms with Gasteiger partial charge in [-0.15, -0.1) is 0 Å². The number of methoxy groups -OCH3 is 1. The van der Waals surface area contributed by atoms with E-state index in [0.29, 0.717) is 46.8 Å². The van der Waals surface area contributed by atoms with Crippen molar-refractivity contribution in [3.63, 3.8) is 0 Å². The Morgan fingerprint density at radius 3 is 2.18 bits per heavy atom. The van der Waals surface area contributed by atoms with Crippen LogP contribution in [0.3, 0.4) is 0 Å². The molecule has 1 atom stereocenters. The molecule has 0 aliphatic carbocycles. The van der Waals surface area contributed by atoms with Gasteiger partial charge in [0, 0.05) is 35.1 Å². The van der Waals surface area contributed by atoms with Crippen molar-refractivity contribution in [1.82, 2.24) is 10.2 Å². The van der Waals surface area contributed by atoms with Crippen molar-refractivity contribution in [2.75, 3.05) is 20.3 Å². The van der Waals surface area contributed by atoms with Crippen LogP contribution in [0.1, 0.15) is 39.2 Å². The molecule has 8 heteroatoms. The number of amides is 2. The molecule has 6 nitrogen and oxygen atoms in total. The molecule has 0 bridgehead atoms. The number of halogens is 2. The Morgan fingerprint density at radius 1 is 1.00 bits per heavy atom. The minimum absolute atomic E-state index is 0.146. The van der Waals surface area contributed by atoms with Gasteiger partial charge in [0.1, 0.15) is 17.5 Å². The molecular weight excluding hydrogens is 463 g/mol. The molecule has 0 saturated carbocycles. The Labute approximate surface area is 206 Å². The number of nitrogens with zero attached hydrogens (tertiary/aromatic N) is 1.